The second-order valence-electron chi connectivity index (χ2n) is 5.32. The van der Waals surface area contributed by atoms with Crippen molar-refractivity contribution in [3.8, 4) is 5.75 Å². The summed E-state index contributed by atoms with van der Waals surface area (Å²) >= 11 is -5.09. The van der Waals surface area contributed by atoms with Gasteiger partial charge < -0.3 is 16.6 Å². The van der Waals surface area contributed by atoms with E-state index in [4.69, 9.17) is 24.8 Å². The summed E-state index contributed by atoms with van der Waals surface area (Å²) in [5, 5.41) is 20.3. The molecule has 0 bridgehead atoms. The Kier molecular flexibility index (Phi) is 7.81. The predicted molar refractivity (Wildman–Crippen MR) is 102 cm³/mol. The number of aromatic carboxylic acids is 1. The van der Waals surface area contributed by atoms with E-state index in [1.165, 1.54) is 25.1 Å². The third-order valence-corrected chi connectivity index (χ3v) is 5.07. The Morgan fingerprint density at radius 2 is 1.75 bits per heavy atom. The summed E-state index contributed by atoms with van der Waals surface area (Å²) in [5.74, 6) is -1.95. The molecule has 0 atom stereocenters. The number of carbonyl (C=O) groups excluding carboxylic acids is 1. The minimum atomic E-state index is -5.09. The van der Waals surface area contributed by atoms with Crippen molar-refractivity contribution >= 4 is 47.7 Å². The number of guanidine groups is 1. The molecule has 12 heteroatoms. The van der Waals surface area contributed by atoms with Crippen LogP contribution in [0.1, 0.15) is 17.3 Å². The van der Waals surface area contributed by atoms with Crippen LogP contribution in [-0.2, 0) is 8.53 Å². The van der Waals surface area contributed by atoms with E-state index in [0.717, 1.165) is 12.1 Å². The van der Waals surface area contributed by atoms with Gasteiger partial charge in [0.15, 0.2) is 5.96 Å². The molecule has 0 fully saturated rings. The zero-order valence-corrected chi connectivity index (χ0v) is 16.5. The Morgan fingerprint density at radius 3 is 2.21 bits per heavy atom. The predicted octanol–water partition coefficient (Wildman–Crippen LogP) is -0.799. The number of rotatable bonds is 4. The van der Waals surface area contributed by atoms with E-state index in [1.807, 2.05) is 0 Å². The number of carboxylic acid groups (broad SMARTS) is 1. The van der Waals surface area contributed by atoms with Crippen molar-refractivity contribution in [2.75, 3.05) is 5.32 Å². The molecular formula is C16H19AsN4O7. The van der Waals surface area contributed by atoms with Crippen molar-refractivity contribution in [3.63, 3.8) is 0 Å². The Hall–Kier alpha value is -3.27. The van der Waals surface area contributed by atoms with Gasteiger partial charge in [0.05, 0.1) is 11.3 Å². The third-order valence-electron chi connectivity index (χ3n) is 2.96. The SMILES string of the molecule is CC(=O)Nc1ccc([As](=O)(O)O)c(O)c1.NC(N)=Nc1cccc(C(=O)O)c1. The molecule has 0 spiro atoms. The molecule has 0 heterocycles. The van der Waals surface area contributed by atoms with Gasteiger partial charge in [-0.2, -0.15) is 0 Å². The van der Waals surface area contributed by atoms with E-state index in [0.29, 0.717) is 5.69 Å². The molecule has 0 aliphatic carbocycles. The first-order valence-electron chi connectivity index (χ1n) is 7.50. The van der Waals surface area contributed by atoms with Crippen molar-refractivity contribution in [3.05, 3.63) is 48.0 Å². The van der Waals surface area contributed by atoms with Crippen LogP contribution in [0.5, 0.6) is 5.75 Å². The van der Waals surface area contributed by atoms with Crippen molar-refractivity contribution in [1.29, 1.82) is 0 Å². The summed E-state index contributed by atoms with van der Waals surface area (Å²) < 4.78 is 28.2. The number of aliphatic imine (C=N–C) groups is 1. The van der Waals surface area contributed by atoms with Crippen LogP contribution in [0.3, 0.4) is 0 Å². The summed E-state index contributed by atoms with van der Waals surface area (Å²) in [4.78, 5) is 24.9. The van der Waals surface area contributed by atoms with Crippen LogP contribution in [0, 0.1) is 0 Å². The summed E-state index contributed by atoms with van der Waals surface area (Å²) in [6, 6.07) is 9.56. The second kappa shape index (κ2) is 9.60. The largest absolute Gasteiger partial charge is 0.478 e. The number of hydrogen-bond donors (Lipinski definition) is 7. The minimum absolute atomic E-state index is 0.0949. The Bertz CT molecular complexity index is 952. The number of carboxylic acids is 1. The fourth-order valence-corrected chi connectivity index (χ4v) is 3.23. The van der Waals surface area contributed by atoms with Gasteiger partial charge in [0.25, 0.3) is 0 Å². The van der Waals surface area contributed by atoms with Crippen LogP contribution >= 0.6 is 0 Å². The molecule has 0 aliphatic heterocycles. The van der Waals surface area contributed by atoms with Crippen molar-refractivity contribution in [2.24, 2.45) is 16.5 Å². The van der Waals surface area contributed by atoms with Crippen molar-refractivity contribution < 1.29 is 31.7 Å². The number of carbonyl (C=O) groups is 2. The Morgan fingerprint density at radius 1 is 1.11 bits per heavy atom. The molecule has 1 amide bonds. The van der Waals surface area contributed by atoms with Gasteiger partial charge in [0.1, 0.15) is 0 Å². The summed E-state index contributed by atoms with van der Waals surface area (Å²) in [5.41, 5.74) is 11.1. The van der Waals surface area contributed by atoms with Crippen LogP contribution in [0.25, 0.3) is 0 Å². The third kappa shape index (κ3) is 7.54. The molecule has 0 radical (unpaired) electrons. The van der Waals surface area contributed by atoms with Crippen LogP contribution in [0.4, 0.5) is 11.4 Å². The quantitative estimate of drug-likeness (QED) is 0.175. The van der Waals surface area contributed by atoms with Crippen LogP contribution < -0.4 is 21.1 Å². The van der Waals surface area contributed by atoms with Gasteiger partial charge in [-0.25, -0.2) is 9.79 Å². The number of benzene rings is 2. The topological polar surface area (TPSA) is 209 Å². The van der Waals surface area contributed by atoms with Crippen molar-refractivity contribution in [1.82, 2.24) is 0 Å². The normalized spacial score (nSPS) is 10.2. The molecule has 0 saturated heterocycles. The maximum Gasteiger partial charge on any atom is 0.335 e. The van der Waals surface area contributed by atoms with Gasteiger partial charge in [-0.05, 0) is 18.2 Å². The molecular weight excluding hydrogens is 435 g/mol. The molecule has 0 aromatic heterocycles. The Labute approximate surface area is 162 Å². The second-order valence-corrected chi connectivity index (χ2v) is 8.61. The van der Waals surface area contributed by atoms with E-state index in [1.54, 1.807) is 12.1 Å². The number of amides is 1. The zero-order valence-electron chi connectivity index (χ0n) is 14.6. The summed E-state index contributed by atoms with van der Waals surface area (Å²) in [6.45, 7) is 1.29. The summed E-state index contributed by atoms with van der Waals surface area (Å²) in [6.07, 6.45) is 0. The maximum absolute atomic E-state index is 10.9. The molecule has 0 unspecified atom stereocenters. The number of nitrogens with zero attached hydrogens (tertiary/aromatic N) is 1. The zero-order chi connectivity index (χ0) is 21.5. The number of phenols is 1. The van der Waals surface area contributed by atoms with E-state index in [-0.39, 0.29) is 23.1 Å². The standard InChI is InChI=1S/C8H10AsNO5.C8H9N3O2/c1-5(11)10-6-2-3-7(8(12)4-6)9(13,14)15;9-8(10)11-6-3-1-2-5(4-6)7(12)13/h2-4,12H,1H3,(H,10,11)(H2,13,14,15);1-4H,(H,12,13)(H4,9,10,11). The van der Waals surface area contributed by atoms with Gasteiger partial charge in [-0.3, -0.25) is 0 Å². The average Bonchev–Trinajstić information content (AvgIpc) is 2.53. The molecule has 9 N–H and O–H groups in total. The first-order chi connectivity index (χ1) is 12.9. The van der Waals surface area contributed by atoms with Gasteiger partial charge in [-0.1, -0.05) is 6.07 Å². The number of hydrogen-bond acceptors (Lipinski definition) is 5. The minimum Gasteiger partial charge on any atom is -0.478 e. The van der Waals surface area contributed by atoms with E-state index < -0.39 is 30.2 Å². The van der Waals surface area contributed by atoms with Crippen LogP contribution in [-0.4, -0.2) is 50.4 Å². The molecule has 2 aromatic carbocycles. The maximum atomic E-state index is 10.9. The molecule has 0 saturated carbocycles. The molecule has 2 aromatic rings. The molecule has 150 valence electrons. The van der Waals surface area contributed by atoms with Gasteiger partial charge >= 0.3 is 94.1 Å². The number of aromatic hydroxyl groups is 1. The first kappa shape index (κ1) is 22.8. The molecule has 11 nitrogen and oxygen atoms in total. The van der Waals surface area contributed by atoms with Crippen LogP contribution in [0.2, 0.25) is 0 Å². The number of anilines is 1. The number of phenolic OH excluding ortho intramolecular Hbond substituents is 1. The number of nitrogens with one attached hydrogen (secondary N) is 1. The fraction of sp³-hybridized carbons (Fsp3) is 0.0625. The van der Waals surface area contributed by atoms with Crippen LogP contribution in [0.15, 0.2) is 47.5 Å². The summed E-state index contributed by atoms with van der Waals surface area (Å²) in [7, 11) is 0. The van der Waals surface area contributed by atoms with E-state index in [9.17, 15) is 18.4 Å². The fourth-order valence-electron chi connectivity index (χ4n) is 1.91. The van der Waals surface area contributed by atoms with Gasteiger partial charge in [0, 0.05) is 0 Å². The average molecular weight is 454 g/mol. The van der Waals surface area contributed by atoms with Crippen molar-refractivity contribution in [2.45, 2.75) is 6.92 Å². The molecule has 28 heavy (non-hydrogen) atoms. The Balaban J connectivity index is 0.000000283. The first-order valence-corrected chi connectivity index (χ1v) is 10.9. The van der Waals surface area contributed by atoms with Gasteiger partial charge in [-0.15, -0.1) is 0 Å². The molecule has 0 aliphatic rings. The monoisotopic (exact) mass is 454 g/mol. The van der Waals surface area contributed by atoms with E-state index in [2.05, 4.69) is 10.3 Å². The molecule has 2 rings (SSSR count). The smallest absolute Gasteiger partial charge is 0.335 e. The van der Waals surface area contributed by atoms with E-state index >= 15 is 0 Å². The number of nitrogens with two attached hydrogens (primary N) is 2. The van der Waals surface area contributed by atoms with Gasteiger partial charge in [0.2, 0.25) is 0 Å².